The summed E-state index contributed by atoms with van der Waals surface area (Å²) >= 11 is 0. The summed E-state index contributed by atoms with van der Waals surface area (Å²) in [6.45, 7) is 0. The van der Waals surface area contributed by atoms with E-state index in [0.29, 0.717) is 11.1 Å². The first-order valence-corrected chi connectivity index (χ1v) is 8.88. The second kappa shape index (κ2) is 6.36. The Balaban J connectivity index is 1.91. The van der Waals surface area contributed by atoms with Crippen LogP contribution >= 0.6 is 0 Å². The van der Waals surface area contributed by atoms with E-state index in [1.165, 1.54) is 0 Å². The second-order valence-corrected chi connectivity index (χ2v) is 6.91. The molecule has 4 nitrogen and oxygen atoms in total. The van der Waals surface area contributed by atoms with Crippen LogP contribution in [-0.2, 0) is 4.79 Å². The van der Waals surface area contributed by atoms with Crippen molar-refractivity contribution in [2.75, 3.05) is 0 Å². The summed E-state index contributed by atoms with van der Waals surface area (Å²) in [5.74, 6) is -1.65. The number of carbonyl (C=O) groups excluding carboxylic acids is 1. The summed E-state index contributed by atoms with van der Waals surface area (Å²) in [5, 5.41) is 10.0. The van der Waals surface area contributed by atoms with Crippen molar-refractivity contribution in [3.8, 4) is 0 Å². The van der Waals surface area contributed by atoms with Gasteiger partial charge in [0.25, 0.3) is 5.91 Å². The van der Waals surface area contributed by atoms with Crippen LogP contribution in [0.3, 0.4) is 0 Å². The summed E-state index contributed by atoms with van der Waals surface area (Å²) in [6.07, 6.45) is 4.08. The third-order valence-corrected chi connectivity index (χ3v) is 5.50. The molecule has 0 unspecified atom stereocenters. The second-order valence-electron chi connectivity index (χ2n) is 6.91. The van der Waals surface area contributed by atoms with Crippen molar-refractivity contribution < 1.29 is 14.7 Å². The lowest BCUT2D eigenvalue weighted by atomic mass is 9.79. The molecule has 0 bridgehead atoms. The maximum Gasteiger partial charge on any atom is 0.313 e. The maximum atomic E-state index is 13.3. The van der Waals surface area contributed by atoms with Crippen LogP contribution in [0.5, 0.6) is 0 Å². The molecule has 1 amide bonds. The number of rotatable bonds is 3. The van der Waals surface area contributed by atoms with Crippen LogP contribution in [0.15, 0.2) is 54.6 Å². The Kier molecular flexibility index (Phi) is 4.04. The van der Waals surface area contributed by atoms with E-state index in [1.807, 2.05) is 47.4 Å². The molecule has 2 atom stereocenters. The molecule has 4 heteroatoms. The van der Waals surface area contributed by atoms with Gasteiger partial charge in [0.1, 0.15) is 5.92 Å². The Morgan fingerprint density at radius 3 is 2.28 bits per heavy atom. The lowest BCUT2D eigenvalue weighted by molar-refractivity contribution is -0.140. The van der Waals surface area contributed by atoms with Crippen molar-refractivity contribution in [3.05, 3.63) is 71.3 Å². The first kappa shape index (κ1) is 15.9. The van der Waals surface area contributed by atoms with Gasteiger partial charge >= 0.3 is 5.97 Å². The van der Waals surface area contributed by atoms with Crippen molar-refractivity contribution in [1.29, 1.82) is 0 Å². The Labute approximate surface area is 147 Å². The van der Waals surface area contributed by atoms with Crippen molar-refractivity contribution in [3.63, 3.8) is 0 Å². The summed E-state index contributed by atoms with van der Waals surface area (Å²) in [4.78, 5) is 27.4. The van der Waals surface area contributed by atoms with E-state index in [0.717, 1.165) is 31.2 Å². The third kappa shape index (κ3) is 2.62. The average molecular weight is 335 g/mol. The molecular formula is C21H21NO3. The molecule has 2 aromatic carbocycles. The van der Waals surface area contributed by atoms with Crippen LogP contribution in [0.2, 0.25) is 0 Å². The molecule has 2 aliphatic rings. The van der Waals surface area contributed by atoms with Crippen molar-refractivity contribution >= 4 is 11.9 Å². The molecule has 128 valence electrons. The number of fused-ring (bicyclic) bond motifs is 1. The normalized spacial score (nSPS) is 23.5. The first-order valence-electron chi connectivity index (χ1n) is 8.88. The van der Waals surface area contributed by atoms with Crippen LogP contribution in [-0.4, -0.2) is 27.9 Å². The number of aliphatic carboxylic acids is 1. The minimum absolute atomic E-state index is 0.0335. The highest BCUT2D eigenvalue weighted by Crippen LogP contribution is 2.45. The number of carboxylic acids is 1. The number of carbonyl (C=O) groups is 2. The van der Waals surface area contributed by atoms with Crippen LogP contribution in [0, 0.1) is 0 Å². The van der Waals surface area contributed by atoms with Crippen LogP contribution in [0.4, 0.5) is 0 Å². The van der Waals surface area contributed by atoms with Crippen LogP contribution in [0.25, 0.3) is 0 Å². The van der Waals surface area contributed by atoms with Crippen molar-refractivity contribution in [2.45, 2.75) is 43.7 Å². The Bertz CT molecular complexity index is 796. The monoisotopic (exact) mass is 335 g/mol. The zero-order valence-corrected chi connectivity index (χ0v) is 14.0. The zero-order chi connectivity index (χ0) is 17.4. The van der Waals surface area contributed by atoms with E-state index < -0.39 is 17.9 Å². The van der Waals surface area contributed by atoms with E-state index in [4.69, 9.17) is 0 Å². The third-order valence-electron chi connectivity index (χ3n) is 5.50. The zero-order valence-electron chi connectivity index (χ0n) is 14.0. The molecule has 0 saturated heterocycles. The van der Waals surface area contributed by atoms with Gasteiger partial charge in [0.2, 0.25) is 0 Å². The molecule has 1 aliphatic heterocycles. The summed E-state index contributed by atoms with van der Waals surface area (Å²) in [6, 6.07) is 16.4. The highest BCUT2D eigenvalue weighted by molar-refractivity contribution is 6.00. The lowest BCUT2D eigenvalue weighted by Crippen LogP contribution is -2.49. The predicted octanol–water partition coefficient (Wildman–Crippen LogP) is 3.99. The lowest BCUT2D eigenvalue weighted by Gasteiger charge is -2.44. The molecule has 0 spiro atoms. The van der Waals surface area contributed by atoms with Gasteiger partial charge in [-0.1, -0.05) is 61.4 Å². The van der Waals surface area contributed by atoms with Gasteiger partial charge in [0.15, 0.2) is 0 Å². The number of hydrogen-bond donors (Lipinski definition) is 1. The minimum atomic E-state index is -0.878. The SMILES string of the molecule is O=C(O)[C@H]1c2ccccc2C(=O)N(C2CCCC2)[C@H]1c1ccccc1. The van der Waals surface area contributed by atoms with E-state index in [-0.39, 0.29) is 11.9 Å². The molecule has 1 aliphatic carbocycles. The topological polar surface area (TPSA) is 57.6 Å². The van der Waals surface area contributed by atoms with E-state index in [1.54, 1.807) is 12.1 Å². The molecule has 25 heavy (non-hydrogen) atoms. The van der Waals surface area contributed by atoms with Gasteiger partial charge in [0.05, 0.1) is 6.04 Å². The van der Waals surface area contributed by atoms with Gasteiger partial charge in [-0.3, -0.25) is 9.59 Å². The molecule has 2 aromatic rings. The average Bonchev–Trinajstić information content (AvgIpc) is 3.16. The highest BCUT2D eigenvalue weighted by Gasteiger charge is 2.46. The standard InChI is InChI=1S/C21H21NO3/c23-20-17-13-7-6-12-16(17)18(21(24)25)19(14-8-2-1-3-9-14)22(20)15-10-4-5-11-15/h1-3,6-9,12-13,15,18-19H,4-5,10-11H2,(H,24,25)/t18-,19-/m0/s1. The Hall–Kier alpha value is -2.62. The molecule has 1 heterocycles. The van der Waals surface area contributed by atoms with E-state index >= 15 is 0 Å². The van der Waals surface area contributed by atoms with E-state index in [2.05, 4.69) is 0 Å². The molecule has 0 aromatic heterocycles. The molecular weight excluding hydrogens is 314 g/mol. The summed E-state index contributed by atoms with van der Waals surface area (Å²) in [5.41, 5.74) is 2.06. The summed E-state index contributed by atoms with van der Waals surface area (Å²) < 4.78 is 0. The smallest absolute Gasteiger partial charge is 0.313 e. The van der Waals surface area contributed by atoms with Gasteiger partial charge in [-0.2, -0.15) is 0 Å². The largest absolute Gasteiger partial charge is 0.481 e. The predicted molar refractivity (Wildman–Crippen MR) is 94.4 cm³/mol. The fourth-order valence-electron chi connectivity index (χ4n) is 4.41. The van der Waals surface area contributed by atoms with Crippen LogP contribution in [0.1, 0.15) is 59.1 Å². The minimum Gasteiger partial charge on any atom is -0.481 e. The summed E-state index contributed by atoms with van der Waals surface area (Å²) in [7, 11) is 0. The van der Waals surface area contributed by atoms with Crippen molar-refractivity contribution in [1.82, 2.24) is 4.90 Å². The van der Waals surface area contributed by atoms with E-state index in [9.17, 15) is 14.7 Å². The van der Waals surface area contributed by atoms with Crippen LogP contribution < -0.4 is 0 Å². The molecule has 1 saturated carbocycles. The number of carboxylic acid groups (broad SMARTS) is 1. The quantitative estimate of drug-likeness (QED) is 0.922. The number of benzene rings is 2. The Morgan fingerprint density at radius 2 is 1.60 bits per heavy atom. The highest BCUT2D eigenvalue weighted by atomic mass is 16.4. The first-order chi connectivity index (χ1) is 12.2. The fourth-order valence-corrected chi connectivity index (χ4v) is 4.41. The van der Waals surface area contributed by atoms with Gasteiger partial charge in [-0.25, -0.2) is 0 Å². The van der Waals surface area contributed by atoms with Crippen molar-refractivity contribution in [2.24, 2.45) is 0 Å². The number of nitrogens with zero attached hydrogens (tertiary/aromatic N) is 1. The van der Waals surface area contributed by atoms with Gasteiger partial charge in [0, 0.05) is 11.6 Å². The molecule has 4 rings (SSSR count). The van der Waals surface area contributed by atoms with Gasteiger partial charge < -0.3 is 10.0 Å². The number of hydrogen-bond acceptors (Lipinski definition) is 2. The van der Waals surface area contributed by atoms with Gasteiger partial charge in [-0.05, 0) is 30.0 Å². The van der Waals surface area contributed by atoms with Gasteiger partial charge in [-0.15, -0.1) is 0 Å². The Morgan fingerprint density at radius 1 is 0.960 bits per heavy atom. The fraction of sp³-hybridized carbons (Fsp3) is 0.333. The molecule has 1 fully saturated rings. The molecule has 0 radical (unpaired) electrons. The molecule has 1 N–H and O–H groups in total. The number of amides is 1. The maximum absolute atomic E-state index is 13.3.